The monoisotopic (exact) mass is 540 g/mol. The van der Waals surface area contributed by atoms with Crippen molar-refractivity contribution < 1.29 is 38.1 Å². The summed E-state index contributed by atoms with van der Waals surface area (Å²) >= 11 is 0. The first-order valence-corrected chi connectivity index (χ1v) is 13.2. The smallest absolute Gasteiger partial charge is 0.330 e. The summed E-state index contributed by atoms with van der Waals surface area (Å²) in [6.07, 6.45) is 8.12. The topological polar surface area (TPSA) is 153 Å². The van der Waals surface area contributed by atoms with Crippen LogP contribution in [0.2, 0.25) is 0 Å². The zero-order valence-electron chi connectivity index (χ0n) is 22.3. The Morgan fingerprint density at radius 3 is 1.37 bits per heavy atom. The van der Waals surface area contributed by atoms with Crippen molar-refractivity contribution in [2.75, 3.05) is 65.8 Å². The summed E-state index contributed by atoms with van der Waals surface area (Å²) in [4.78, 5) is 45.0. The molecular formula is C26H44N4O8. The van der Waals surface area contributed by atoms with Crippen LogP contribution >= 0.6 is 0 Å². The Kier molecular flexibility index (Phi) is 19.0. The molecule has 1 unspecified atom stereocenters. The van der Waals surface area contributed by atoms with Gasteiger partial charge >= 0.3 is 24.0 Å². The summed E-state index contributed by atoms with van der Waals surface area (Å²) < 4.78 is 21.0. The first-order valence-electron chi connectivity index (χ1n) is 13.2. The fourth-order valence-corrected chi connectivity index (χ4v) is 3.70. The summed E-state index contributed by atoms with van der Waals surface area (Å²) in [6, 6.07) is -0.608. The van der Waals surface area contributed by atoms with E-state index in [1.807, 2.05) is 0 Å². The highest BCUT2D eigenvalue weighted by Gasteiger charge is 2.29. The lowest BCUT2D eigenvalue weighted by Gasteiger charge is -2.36. The number of hydrogen-bond acceptors (Lipinski definition) is 8. The maximum absolute atomic E-state index is 11.6. The van der Waals surface area contributed by atoms with Crippen LogP contribution in [-0.2, 0) is 28.5 Å². The van der Waals surface area contributed by atoms with E-state index in [4.69, 9.17) is 18.9 Å². The van der Waals surface area contributed by atoms with Crippen LogP contribution in [0.4, 0.5) is 9.59 Å². The minimum absolute atomic E-state index is 0.105. The van der Waals surface area contributed by atoms with E-state index in [0.29, 0.717) is 51.4 Å². The van der Waals surface area contributed by atoms with Crippen molar-refractivity contribution in [3.8, 4) is 0 Å². The maximum atomic E-state index is 11.6. The molecule has 0 aromatic rings. The second-order valence-corrected chi connectivity index (χ2v) is 8.72. The van der Waals surface area contributed by atoms with Crippen LogP contribution in [0.25, 0.3) is 0 Å². The van der Waals surface area contributed by atoms with E-state index in [2.05, 4.69) is 34.4 Å². The fourth-order valence-electron chi connectivity index (χ4n) is 3.70. The average Bonchev–Trinajstić information content (AvgIpc) is 2.90. The van der Waals surface area contributed by atoms with Gasteiger partial charge in [0, 0.05) is 51.7 Å². The van der Waals surface area contributed by atoms with Crippen LogP contribution in [0.5, 0.6) is 0 Å². The summed E-state index contributed by atoms with van der Waals surface area (Å²) in [5.74, 6) is 0.320. The van der Waals surface area contributed by atoms with Gasteiger partial charge in [-0.3, -0.25) is 0 Å². The number of ether oxygens (including phenoxy) is 4. The molecule has 4 amide bonds. The van der Waals surface area contributed by atoms with Crippen LogP contribution in [0.3, 0.4) is 0 Å². The molecule has 216 valence electrons. The van der Waals surface area contributed by atoms with E-state index in [1.165, 1.54) is 12.8 Å². The van der Waals surface area contributed by atoms with Crippen molar-refractivity contribution in [1.82, 2.24) is 21.3 Å². The minimum atomic E-state index is -0.515. The fraction of sp³-hybridized carbons (Fsp3) is 0.692. The molecule has 4 N–H and O–H groups in total. The van der Waals surface area contributed by atoms with E-state index in [0.717, 1.165) is 37.8 Å². The predicted octanol–water partition coefficient (Wildman–Crippen LogP) is 1.66. The van der Waals surface area contributed by atoms with Crippen molar-refractivity contribution in [2.24, 2.45) is 11.8 Å². The van der Waals surface area contributed by atoms with Gasteiger partial charge in [-0.15, -0.1) is 0 Å². The Bertz CT molecular complexity index is 674. The zero-order valence-corrected chi connectivity index (χ0v) is 22.3. The van der Waals surface area contributed by atoms with Crippen LogP contribution in [0, 0.1) is 11.8 Å². The number of nitrogens with one attached hydrogen (secondary N) is 4. The van der Waals surface area contributed by atoms with Gasteiger partial charge in [0.05, 0.1) is 13.1 Å². The number of amides is 4. The third kappa shape index (κ3) is 17.4. The molecule has 0 bridgehead atoms. The number of carbonyl (C=O) groups excluding carboxylic acids is 4. The van der Waals surface area contributed by atoms with Gasteiger partial charge in [-0.1, -0.05) is 13.2 Å². The van der Waals surface area contributed by atoms with Gasteiger partial charge in [0.25, 0.3) is 0 Å². The van der Waals surface area contributed by atoms with E-state index >= 15 is 0 Å². The number of hydrogen-bond donors (Lipinski definition) is 4. The molecule has 2 atom stereocenters. The normalized spacial score (nSPS) is 15.9. The molecule has 0 aromatic heterocycles. The molecular weight excluding hydrogens is 496 g/mol. The Hall–Kier alpha value is -3.12. The Labute approximate surface area is 225 Å². The van der Waals surface area contributed by atoms with Crippen LogP contribution in [-0.4, -0.2) is 89.8 Å². The Morgan fingerprint density at radius 2 is 1.00 bits per heavy atom. The third-order valence-corrected chi connectivity index (χ3v) is 5.94. The summed E-state index contributed by atoms with van der Waals surface area (Å²) in [6.45, 7) is 10.9. The molecule has 0 aliphatic heterocycles. The molecule has 12 heteroatoms. The lowest BCUT2D eigenvalue weighted by atomic mass is 9.70. The molecule has 1 fully saturated rings. The molecule has 1 aliphatic carbocycles. The largest absolute Gasteiger partial charge is 0.461 e. The van der Waals surface area contributed by atoms with Gasteiger partial charge in [0.2, 0.25) is 0 Å². The van der Waals surface area contributed by atoms with E-state index in [1.54, 1.807) is 0 Å². The molecule has 0 aromatic carbocycles. The van der Waals surface area contributed by atoms with E-state index in [9.17, 15) is 19.2 Å². The molecule has 1 aliphatic rings. The lowest BCUT2D eigenvalue weighted by molar-refractivity contribution is -0.138. The quantitative estimate of drug-likeness (QED) is 0.0919. The first-order chi connectivity index (χ1) is 18.5. The average molecular weight is 541 g/mol. The molecule has 0 radical (unpaired) electrons. The number of urea groups is 2. The number of esters is 2. The van der Waals surface area contributed by atoms with Gasteiger partial charge in [-0.2, -0.15) is 0 Å². The van der Waals surface area contributed by atoms with E-state index < -0.39 is 11.9 Å². The number of carbonyl (C=O) groups is 4. The lowest BCUT2D eigenvalue weighted by Crippen LogP contribution is -2.38. The predicted molar refractivity (Wildman–Crippen MR) is 141 cm³/mol. The second kappa shape index (κ2) is 21.9. The molecule has 0 heterocycles. The SMILES string of the molecule is C=CC(=O)OCCNC(=O)NCCCOCCC1CC[C@@H]1CCOCCCNC(=O)NCCOC(=O)C=C. The van der Waals surface area contributed by atoms with Crippen LogP contribution in [0.15, 0.2) is 25.3 Å². The highest BCUT2D eigenvalue weighted by atomic mass is 16.5. The maximum Gasteiger partial charge on any atom is 0.330 e. The van der Waals surface area contributed by atoms with Gasteiger partial charge in [0.15, 0.2) is 0 Å². The minimum Gasteiger partial charge on any atom is -0.461 e. The van der Waals surface area contributed by atoms with Gasteiger partial charge in [0.1, 0.15) is 13.2 Å². The van der Waals surface area contributed by atoms with Crippen molar-refractivity contribution in [3.63, 3.8) is 0 Å². The molecule has 0 spiro atoms. The van der Waals surface area contributed by atoms with Crippen molar-refractivity contribution >= 4 is 24.0 Å². The van der Waals surface area contributed by atoms with Crippen molar-refractivity contribution in [3.05, 3.63) is 25.3 Å². The van der Waals surface area contributed by atoms with Gasteiger partial charge < -0.3 is 40.2 Å². The number of rotatable bonds is 22. The first kappa shape index (κ1) is 32.9. The Balaban J connectivity index is 1.87. The van der Waals surface area contributed by atoms with Crippen molar-refractivity contribution in [1.29, 1.82) is 0 Å². The Morgan fingerprint density at radius 1 is 0.605 bits per heavy atom. The highest BCUT2D eigenvalue weighted by Crippen LogP contribution is 2.39. The van der Waals surface area contributed by atoms with Crippen molar-refractivity contribution in [2.45, 2.75) is 38.5 Å². The molecule has 1 saturated carbocycles. The molecule has 1 rings (SSSR count). The summed E-state index contributed by atoms with van der Waals surface area (Å²) in [7, 11) is 0. The van der Waals surface area contributed by atoms with Gasteiger partial charge in [-0.25, -0.2) is 19.2 Å². The van der Waals surface area contributed by atoms with Crippen LogP contribution in [0.1, 0.15) is 38.5 Å². The zero-order chi connectivity index (χ0) is 27.8. The van der Waals surface area contributed by atoms with E-state index in [-0.39, 0.29) is 38.4 Å². The highest BCUT2D eigenvalue weighted by molar-refractivity contribution is 5.81. The molecule has 0 saturated heterocycles. The second-order valence-electron chi connectivity index (χ2n) is 8.72. The standard InChI is InChI=1S/C26H44N4O8/c1-3-23(31)37-19-13-29-25(33)27-11-5-15-35-17-9-21-7-8-22(21)10-18-36-16-6-12-28-26(34)30-14-20-38-24(32)4-2/h3-4,21-22H,1-2,5-20H2,(H2,27,29,33)(H2,28,30,34)/t21-,22?/m1/s1. The molecule has 38 heavy (non-hydrogen) atoms. The summed E-state index contributed by atoms with van der Waals surface area (Å²) in [5.41, 5.74) is 0. The third-order valence-electron chi connectivity index (χ3n) is 5.94. The van der Waals surface area contributed by atoms with Crippen LogP contribution < -0.4 is 21.3 Å². The summed E-state index contributed by atoms with van der Waals surface area (Å²) in [5, 5.41) is 10.7. The molecule has 12 nitrogen and oxygen atoms in total. The van der Waals surface area contributed by atoms with Gasteiger partial charge in [-0.05, 0) is 50.4 Å².